The van der Waals surface area contributed by atoms with Crippen LogP contribution in [-0.4, -0.2) is 14.8 Å². The van der Waals surface area contributed by atoms with Gasteiger partial charge in [0.2, 0.25) is 0 Å². The van der Waals surface area contributed by atoms with E-state index < -0.39 is 0 Å². The van der Waals surface area contributed by atoms with Gasteiger partial charge in [0.25, 0.3) is 0 Å². The Labute approximate surface area is 266 Å². The third kappa shape index (κ3) is 6.41. The Balaban J connectivity index is 1.94. The van der Waals surface area contributed by atoms with E-state index in [0.717, 1.165) is 26.4 Å². The summed E-state index contributed by atoms with van der Waals surface area (Å²) in [6, 6.07) is 4.10. The van der Waals surface area contributed by atoms with Crippen molar-refractivity contribution in [1.82, 2.24) is 0 Å². The Hall–Kier alpha value is 2.13. The van der Waals surface area contributed by atoms with E-state index in [4.69, 9.17) is 0 Å². The zero-order chi connectivity index (χ0) is 24.6. The van der Waals surface area contributed by atoms with Gasteiger partial charge >= 0.3 is 0 Å². The first-order valence-electron chi connectivity index (χ1n) is 11.5. The fourth-order valence-electron chi connectivity index (χ4n) is 5.94. The summed E-state index contributed by atoms with van der Waals surface area (Å²) in [5, 5.41) is 10.9. The molecule has 2 saturated carbocycles. The maximum Gasteiger partial charge on any atom is 0.132 e. The largest absolute Gasteiger partial charge is 0.507 e. The molecule has 1 N–H and O–H groups in total. The molecule has 0 amide bonds. The van der Waals surface area contributed by atoms with Gasteiger partial charge in [-0.3, -0.25) is 0 Å². The lowest BCUT2D eigenvalue weighted by Gasteiger charge is -2.50. The van der Waals surface area contributed by atoms with Crippen molar-refractivity contribution < 1.29 is 5.11 Å². The fraction of sp³-hybridized carbons (Fsp3) is 0.615. The number of hydrogen-bond donors (Lipinski definition) is 1. The Morgan fingerprint density at radius 2 is 1.58 bits per heavy atom. The number of hydrogen-bond acceptors (Lipinski definition) is 1. The van der Waals surface area contributed by atoms with Gasteiger partial charge in [0, 0.05) is 14.1 Å². The van der Waals surface area contributed by atoms with Gasteiger partial charge in [-0.2, -0.15) is 0 Å². The molecule has 0 bridgehead atoms. The average molecular weight is 981 g/mol. The summed E-state index contributed by atoms with van der Waals surface area (Å²) < 4.78 is 6.62. The van der Waals surface area contributed by atoms with E-state index in [2.05, 4.69) is 151 Å². The fourth-order valence-corrected chi connectivity index (χ4v) is 10.4. The summed E-state index contributed by atoms with van der Waals surface area (Å²) in [7, 11) is 0. The molecule has 0 heterocycles. The van der Waals surface area contributed by atoms with Crippen molar-refractivity contribution in [3.05, 3.63) is 45.1 Å². The molecular formula is C26H32Br3I3O. The van der Waals surface area contributed by atoms with Gasteiger partial charge < -0.3 is 5.11 Å². The van der Waals surface area contributed by atoms with Crippen molar-refractivity contribution in [2.75, 3.05) is 0 Å². The minimum absolute atomic E-state index is 0.126. The van der Waals surface area contributed by atoms with Crippen LogP contribution in [0.1, 0.15) is 64.9 Å². The number of alkyl halides is 2. The summed E-state index contributed by atoms with van der Waals surface area (Å²) in [4.78, 5) is 1.04. The second kappa shape index (κ2) is 12.3. The van der Waals surface area contributed by atoms with Crippen molar-refractivity contribution in [3.63, 3.8) is 0 Å². The Bertz CT molecular complexity index is 930. The molecular weight excluding hydrogens is 949 g/mol. The number of rotatable bonds is 5. The van der Waals surface area contributed by atoms with E-state index in [1.165, 1.54) is 37.7 Å². The monoisotopic (exact) mass is 978 g/mol. The molecule has 7 heteroatoms. The third-order valence-electron chi connectivity index (χ3n) is 8.27. The lowest BCUT2D eigenvalue weighted by atomic mass is 9.58. The van der Waals surface area contributed by atoms with Crippen molar-refractivity contribution in [2.45, 2.75) is 75.4 Å². The predicted octanol–water partition coefficient (Wildman–Crippen LogP) is 11.1. The lowest BCUT2D eigenvalue weighted by molar-refractivity contribution is 0.118. The number of phenols is 1. The Kier molecular flexibility index (Phi) is 11.1. The third-order valence-corrected chi connectivity index (χ3v) is 14.3. The van der Waals surface area contributed by atoms with Gasteiger partial charge in [-0.1, -0.05) is 125 Å². The maximum absolute atomic E-state index is 10.9. The molecule has 1 aromatic carbocycles. The van der Waals surface area contributed by atoms with E-state index in [9.17, 15) is 5.11 Å². The van der Waals surface area contributed by atoms with Crippen LogP contribution in [0, 0.1) is 26.2 Å². The first kappa shape index (κ1) is 29.7. The minimum Gasteiger partial charge on any atom is -0.507 e. The molecule has 3 rings (SSSR count). The highest BCUT2D eigenvalue weighted by molar-refractivity contribution is 14.1. The van der Waals surface area contributed by atoms with Gasteiger partial charge in [0.05, 0.1) is 3.57 Å². The molecule has 33 heavy (non-hydrogen) atoms. The molecule has 5 atom stereocenters. The van der Waals surface area contributed by atoms with Gasteiger partial charge in [-0.05, 0) is 116 Å². The number of allylic oxidation sites excluding steroid dienone is 2. The predicted molar refractivity (Wildman–Crippen MR) is 178 cm³/mol. The second-order valence-electron chi connectivity index (χ2n) is 10.5. The summed E-state index contributed by atoms with van der Waals surface area (Å²) in [5.74, 6) is 1.44. The van der Waals surface area contributed by atoms with Crippen LogP contribution in [0.4, 0.5) is 0 Å². The summed E-state index contributed by atoms with van der Waals surface area (Å²) >= 11 is 18.9. The number of benzene rings is 1. The Morgan fingerprint density at radius 3 is 2.18 bits per heavy atom. The van der Waals surface area contributed by atoms with Gasteiger partial charge in [0.15, 0.2) is 0 Å². The highest BCUT2D eigenvalue weighted by Gasteiger charge is 2.47. The van der Waals surface area contributed by atoms with Crippen LogP contribution >= 0.6 is 116 Å². The normalized spacial score (nSPS) is 34.7. The molecule has 0 aromatic heterocycles. The first-order valence-corrected chi connectivity index (χ1v) is 17.7. The quantitative estimate of drug-likeness (QED) is 0.230. The molecule has 0 saturated heterocycles. The molecule has 2 aliphatic rings. The molecule has 0 radical (unpaired) electrons. The highest BCUT2D eigenvalue weighted by atomic mass is 127. The van der Waals surface area contributed by atoms with Crippen LogP contribution < -0.4 is 0 Å². The van der Waals surface area contributed by atoms with Crippen molar-refractivity contribution >= 4 is 116 Å². The minimum atomic E-state index is 0.126. The second-order valence-corrected chi connectivity index (χ2v) is 16.0. The maximum atomic E-state index is 10.9. The van der Waals surface area contributed by atoms with Crippen LogP contribution in [0.3, 0.4) is 0 Å². The molecule has 2 fully saturated rings. The number of halogens is 6. The molecule has 184 valence electrons. The van der Waals surface area contributed by atoms with Crippen LogP contribution in [0.5, 0.6) is 5.75 Å². The van der Waals surface area contributed by atoms with Gasteiger partial charge in [0.1, 0.15) is 5.75 Å². The molecule has 0 aliphatic heterocycles. The summed E-state index contributed by atoms with van der Waals surface area (Å²) in [6.07, 6.45) is 7.98. The van der Waals surface area contributed by atoms with E-state index >= 15 is 0 Å². The highest BCUT2D eigenvalue weighted by Crippen LogP contribution is 2.56. The van der Waals surface area contributed by atoms with Gasteiger partial charge in [-0.15, -0.1) is 0 Å². The van der Waals surface area contributed by atoms with E-state index in [0.29, 0.717) is 27.2 Å². The van der Waals surface area contributed by atoms with Crippen molar-refractivity contribution in [2.24, 2.45) is 22.7 Å². The van der Waals surface area contributed by atoms with Crippen LogP contribution in [-0.2, 0) is 6.42 Å². The topological polar surface area (TPSA) is 20.2 Å². The smallest absolute Gasteiger partial charge is 0.132 e. The number of aromatic hydroxyl groups is 1. The summed E-state index contributed by atoms with van der Waals surface area (Å²) in [6.45, 7) is 7.38. The molecule has 0 spiro atoms. The van der Waals surface area contributed by atoms with E-state index in [1.807, 2.05) is 6.07 Å². The van der Waals surface area contributed by atoms with Crippen LogP contribution in [0.15, 0.2) is 35.9 Å². The standard InChI is InChI=1S/C26H32Br3I3O/c1-25(2)19(15(13-30)4-6-22(25)28)8-9-26(3)20(16(14-31)5-7-23(26)29)11-17-10-18(27)12-21(32)24(17)33/h10,12-14,19-20,22-23,33H,4-9,11H2,1-3H3/b15-13-,16-14-/t19-,20-,22+,23+,26+/m1/s1. The first-order chi connectivity index (χ1) is 15.4. The average Bonchev–Trinajstić information content (AvgIpc) is 2.76. The van der Waals surface area contributed by atoms with E-state index in [1.54, 1.807) is 5.57 Å². The number of phenolic OH excluding ortho intramolecular Hbond substituents is 1. The zero-order valence-corrected chi connectivity index (χ0v) is 30.5. The van der Waals surface area contributed by atoms with Crippen molar-refractivity contribution in [3.8, 4) is 5.75 Å². The van der Waals surface area contributed by atoms with Crippen LogP contribution in [0.25, 0.3) is 0 Å². The zero-order valence-electron chi connectivity index (χ0n) is 19.3. The van der Waals surface area contributed by atoms with Gasteiger partial charge in [-0.25, -0.2) is 0 Å². The Morgan fingerprint density at radius 1 is 1.00 bits per heavy atom. The lowest BCUT2D eigenvalue weighted by Crippen LogP contribution is -2.44. The molecule has 1 aromatic rings. The van der Waals surface area contributed by atoms with Crippen LogP contribution in [0.2, 0.25) is 0 Å². The van der Waals surface area contributed by atoms with Crippen molar-refractivity contribution in [1.29, 1.82) is 0 Å². The van der Waals surface area contributed by atoms with E-state index in [-0.39, 0.29) is 10.8 Å². The summed E-state index contributed by atoms with van der Waals surface area (Å²) in [5.41, 5.74) is 4.59. The molecule has 2 aliphatic carbocycles. The SMILES string of the molecule is CC1(C)[C@H](CC[C@@]2(C)[C@H](Cc3cc(Br)cc(I)c3O)/C(=C\I)CC[C@@H]2Br)/C(=C\I)CC[C@@H]1Br. The molecule has 0 unspecified atom stereocenters. The molecule has 1 nitrogen and oxygen atoms in total.